The Bertz CT molecular complexity index is 375. The predicted octanol–water partition coefficient (Wildman–Crippen LogP) is 2.56. The molecule has 0 unspecified atom stereocenters. The van der Waals surface area contributed by atoms with Crippen LogP contribution in [-0.2, 0) is 10.8 Å². The largest absolute Gasteiger partial charge is 0.386 e. The Morgan fingerprint density at radius 2 is 1.94 bits per heavy atom. The lowest BCUT2D eigenvalue weighted by Gasteiger charge is -2.16. The summed E-state index contributed by atoms with van der Waals surface area (Å²) < 4.78 is 21.8. The number of aryl methyl sites for hydroxylation is 1. The lowest BCUT2D eigenvalue weighted by Crippen LogP contribution is -2.31. The molecule has 0 aromatic heterocycles. The van der Waals surface area contributed by atoms with E-state index in [-0.39, 0.29) is 5.75 Å². The molecule has 0 spiro atoms. The third-order valence-corrected chi connectivity index (χ3v) is 3.89. The van der Waals surface area contributed by atoms with Gasteiger partial charge in [0.15, 0.2) is 0 Å². The van der Waals surface area contributed by atoms with Crippen LogP contribution in [0, 0.1) is 6.92 Å². The van der Waals surface area contributed by atoms with Crippen LogP contribution in [0.4, 0.5) is 4.39 Å². The Hall–Kier alpha value is -0.160. The van der Waals surface area contributed by atoms with Crippen LogP contribution in [0.5, 0.6) is 0 Å². The van der Waals surface area contributed by atoms with Crippen molar-refractivity contribution in [2.75, 3.05) is 5.75 Å². The molecule has 1 rings (SSSR count). The molecule has 6 heteroatoms. The van der Waals surface area contributed by atoms with E-state index in [4.69, 9.17) is 23.2 Å². The zero-order valence-corrected chi connectivity index (χ0v) is 10.8. The molecule has 0 saturated heterocycles. The quantitative estimate of drug-likeness (QED) is 0.863. The van der Waals surface area contributed by atoms with Crippen LogP contribution < -0.4 is 0 Å². The van der Waals surface area contributed by atoms with Gasteiger partial charge in [-0.15, -0.1) is 0 Å². The summed E-state index contributed by atoms with van der Waals surface area (Å²) in [6.07, 6.45) is -1.68. The topological polar surface area (TPSA) is 37.3 Å². The number of aliphatic hydroxyl groups is 1. The second-order valence-electron chi connectivity index (χ2n) is 3.38. The monoisotopic (exact) mass is 284 g/mol. The van der Waals surface area contributed by atoms with E-state index in [1.165, 1.54) is 0 Å². The molecule has 1 aromatic rings. The minimum Gasteiger partial charge on any atom is -0.386 e. The molecule has 0 aliphatic rings. The summed E-state index contributed by atoms with van der Waals surface area (Å²) in [5, 5.41) is 9.24. The number of hydrogen-bond acceptors (Lipinski definition) is 2. The van der Waals surface area contributed by atoms with Crippen LogP contribution in [0.1, 0.15) is 5.56 Å². The lowest BCUT2D eigenvalue weighted by molar-refractivity contribution is 0.117. The number of aliphatic hydroxyl groups excluding tert-OH is 1. The van der Waals surface area contributed by atoms with Gasteiger partial charge in [0, 0.05) is 4.90 Å². The van der Waals surface area contributed by atoms with Crippen molar-refractivity contribution in [3.8, 4) is 0 Å². The summed E-state index contributed by atoms with van der Waals surface area (Å²) in [7, 11) is -1.53. The molecule has 0 heterocycles. The third kappa shape index (κ3) is 4.01. The SMILES string of the molecule is Cc1ccc([S@@](=O)C[C@@H](O)C(F)(Cl)Cl)cc1. The summed E-state index contributed by atoms with van der Waals surface area (Å²) in [6.45, 7) is 1.89. The van der Waals surface area contributed by atoms with Gasteiger partial charge in [0.05, 0.1) is 16.6 Å². The summed E-state index contributed by atoms with van der Waals surface area (Å²) in [5.41, 5.74) is 1.02. The van der Waals surface area contributed by atoms with E-state index in [0.717, 1.165) is 5.56 Å². The third-order valence-electron chi connectivity index (χ3n) is 1.97. The maximum absolute atomic E-state index is 12.9. The van der Waals surface area contributed by atoms with Crippen molar-refractivity contribution < 1.29 is 13.7 Å². The highest BCUT2D eigenvalue weighted by molar-refractivity contribution is 7.85. The fourth-order valence-corrected chi connectivity index (χ4v) is 2.51. The van der Waals surface area contributed by atoms with Gasteiger partial charge in [0.1, 0.15) is 6.10 Å². The number of rotatable bonds is 4. The zero-order chi connectivity index (χ0) is 12.3. The molecular weight excluding hydrogens is 274 g/mol. The fourth-order valence-electron chi connectivity index (χ4n) is 1.02. The van der Waals surface area contributed by atoms with Gasteiger partial charge in [-0.1, -0.05) is 40.9 Å². The molecular formula is C10H11Cl2FO2S. The van der Waals surface area contributed by atoms with E-state index in [0.29, 0.717) is 4.90 Å². The Kier molecular flexibility index (Phi) is 4.73. The van der Waals surface area contributed by atoms with Crippen LogP contribution in [0.15, 0.2) is 29.2 Å². The summed E-state index contributed by atoms with van der Waals surface area (Å²) in [6, 6.07) is 6.87. The maximum atomic E-state index is 12.9. The molecule has 1 aromatic carbocycles. The van der Waals surface area contributed by atoms with E-state index in [2.05, 4.69) is 0 Å². The predicted molar refractivity (Wildman–Crippen MR) is 64.0 cm³/mol. The van der Waals surface area contributed by atoms with E-state index in [1.54, 1.807) is 24.3 Å². The molecule has 0 aliphatic heterocycles. The van der Waals surface area contributed by atoms with Gasteiger partial charge in [0.25, 0.3) is 4.59 Å². The number of alkyl halides is 3. The standard InChI is InChI=1S/C10H11Cl2FO2S/c1-7-2-4-8(5-3-7)16(15)6-9(14)10(11,12)13/h2-5,9,14H,6H2,1H3/t9-,16+/m1/s1. The zero-order valence-electron chi connectivity index (χ0n) is 8.49. The first-order valence-electron chi connectivity index (χ1n) is 4.50. The first-order chi connectivity index (χ1) is 7.30. The number of benzene rings is 1. The second-order valence-corrected chi connectivity index (χ2v) is 6.17. The summed E-state index contributed by atoms with van der Waals surface area (Å²) >= 11 is 10.1. The van der Waals surface area contributed by atoms with E-state index in [1.807, 2.05) is 6.92 Å². The Morgan fingerprint density at radius 1 is 1.44 bits per heavy atom. The lowest BCUT2D eigenvalue weighted by atomic mass is 10.2. The van der Waals surface area contributed by atoms with Crippen molar-refractivity contribution in [3.05, 3.63) is 29.8 Å². The van der Waals surface area contributed by atoms with Crippen LogP contribution in [0.3, 0.4) is 0 Å². The molecule has 0 aliphatic carbocycles. The molecule has 90 valence electrons. The minimum atomic E-state index is -2.78. The Labute approximate surface area is 106 Å². The van der Waals surface area contributed by atoms with Crippen molar-refractivity contribution in [3.63, 3.8) is 0 Å². The van der Waals surface area contributed by atoms with E-state index in [9.17, 15) is 13.7 Å². The highest BCUT2D eigenvalue weighted by Gasteiger charge is 2.34. The highest BCUT2D eigenvalue weighted by Crippen LogP contribution is 2.28. The molecule has 0 saturated carbocycles. The van der Waals surface area contributed by atoms with Gasteiger partial charge >= 0.3 is 0 Å². The minimum absolute atomic E-state index is 0.341. The van der Waals surface area contributed by atoms with Crippen LogP contribution in [0.2, 0.25) is 0 Å². The normalized spacial score (nSPS) is 15.8. The highest BCUT2D eigenvalue weighted by atomic mass is 35.5. The Balaban J connectivity index is 2.70. The van der Waals surface area contributed by atoms with Gasteiger partial charge in [-0.05, 0) is 19.1 Å². The molecule has 0 fully saturated rings. The van der Waals surface area contributed by atoms with Crippen LogP contribution in [-0.4, -0.2) is 25.8 Å². The molecule has 0 bridgehead atoms. The van der Waals surface area contributed by atoms with E-state index >= 15 is 0 Å². The van der Waals surface area contributed by atoms with Crippen molar-refractivity contribution in [1.82, 2.24) is 0 Å². The molecule has 2 atom stereocenters. The first-order valence-corrected chi connectivity index (χ1v) is 6.58. The Morgan fingerprint density at radius 3 is 2.38 bits per heavy atom. The summed E-state index contributed by atoms with van der Waals surface area (Å²) in [5.74, 6) is -0.341. The van der Waals surface area contributed by atoms with Crippen molar-refractivity contribution in [2.24, 2.45) is 0 Å². The van der Waals surface area contributed by atoms with E-state index < -0.39 is 21.5 Å². The maximum Gasteiger partial charge on any atom is 0.284 e. The average Bonchev–Trinajstić information content (AvgIpc) is 2.17. The first kappa shape index (κ1) is 13.9. The molecule has 0 amide bonds. The number of hydrogen-bond donors (Lipinski definition) is 1. The second kappa shape index (κ2) is 5.45. The van der Waals surface area contributed by atoms with Crippen LogP contribution >= 0.6 is 23.2 Å². The van der Waals surface area contributed by atoms with Crippen molar-refractivity contribution in [1.29, 1.82) is 0 Å². The van der Waals surface area contributed by atoms with Gasteiger partial charge in [-0.2, -0.15) is 0 Å². The molecule has 0 radical (unpaired) electrons. The molecule has 16 heavy (non-hydrogen) atoms. The van der Waals surface area contributed by atoms with Crippen molar-refractivity contribution in [2.45, 2.75) is 22.5 Å². The van der Waals surface area contributed by atoms with Crippen LogP contribution in [0.25, 0.3) is 0 Å². The van der Waals surface area contributed by atoms with Gasteiger partial charge in [-0.25, -0.2) is 4.39 Å². The number of halogens is 3. The molecule has 2 nitrogen and oxygen atoms in total. The fraction of sp³-hybridized carbons (Fsp3) is 0.400. The van der Waals surface area contributed by atoms with Gasteiger partial charge < -0.3 is 5.11 Å². The van der Waals surface area contributed by atoms with Gasteiger partial charge in [-0.3, -0.25) is 4.21 Å². The smallest absolute Gasteiger partial charge is 0.284 e. The average molecular weight is 285 g/mol. The summed E-state index contributed by atoms with van der Waals surface area (Å²) in [4.78, 5) is 0.502. The van der Waals surface area contributed by atoms with Gasteiger partial charge in [0.2, 0.25) is 0 Å². The van der Waals surface area contributed by atoms with Crippen molar-refractivity contribution >= 4 is 34.0 Å². The molecule has 1 N–H and O–H groups in total.